The van der Waals surface area contributed by atoms with E-state index in [9.17, 15) is 0 Å². The average Bonchev–Trinajstić information content (AvgIpc) is 2.94. The van der Waals surface area contributed by atoms with Crippen LogP contribution in [0.1, 0.15) is 11.1 Å². The first-order valence-electron chi connectivity index (χ1n) is 6.26. The minimum atomic E-state index is 0.648. The predicted octanol–water partition coefficient (Wildman–Crippen LogP) is 4.41. The maximum atomic E-state index is 9.13. The van der Waals surface area contributed by atoms with E-state index in [0.29, 0.717) is 12.1 Å². The largest absolute Gasteiger partial charge is 0.380 e. The fourth-order valence-electron chi connectivity index (χ4n) is 2.26. The third-order valence-electron chi connectivity index (χ3n) is 3.26. The molecule has 1 heterocycles. The summed E-state index contributed by atoms with van der Waals surface area (Å²) in [4.78, 5) is 3.20. The van der Waals surface area contributed by atoms with Crippen LogP contribution < -0.4 is 5.32 Å². The van der Waals surface area contributed by atoms with Crippen molar-refractivity contribution in [2.24, 2.45) is 0 Å². The standard InChI is InChI=1S/C16H12BrN3/c17-13-5-4-11(9-18)16(8-13)20-10-12-2-1-3-15-14(12)6-7-19-15/h1-8,19-20H,10H2. The first-order chi connectivity index (χ1) is 9.78. The normalized spacial score (nSPS) is 10.4. The Morgan fingerprint density at radius 3 is 2.95 bits per heavy atom. The number of aromatic nitrogens is 1. The zero-order valence-electron chi connectivity index (χ0n) is 10.7. The van der Waals surface area contributed by atoms with Crippen LogP contribution in [0.3, 0.4) is 0 Å². The summed E-state index contributed by atoms with van der Waals surface area (Å²) in [5, 5.41) is 13.7. The van der Waals surface area contributed by atoms with Crippen molar-refractivity contribution in [3.63, 3.8) is 0 Å². The number of halogens is 1. The molecule has 4 heteroatoms. The third kappa shape index (κ3) is 2.40. The smallest absolute Gasteiger partial charge is 0.101 e. The summed E-state index contributed by atoms with van der Waals surface area (Å²) >= 11 is 3.43. The topological polar surface area (TPSA) is 51.6 Å². The summed E-state index contributed by atoms with van der Waals surface area (Å²) in [6.07, 6.45) is 1.94. The highest BCUT2D eigenvalue weighted by Gasteiger charge is 2.05. The molecule has 0 radical (unpaired) electrons. The van der Waals surface area contributed by atoms with Crippen molar-refractivity contribution in [1.29, 1.82) is 5.26 Å². The number of nitrogens with one attached hydrogen (secondary N) is 2. The van der Waals surface area contributed by atoms with Gasteiger partial charge in [0.1, 0.15) is 6.07 Å². The fourth-order valence-corrected chi connectivity index (χ4v) is 2.62. The van der Waals surface area contributed by atoms with Gasteiger partial charge in [0.15, 0.2) is 0 Å². The van der Waals surface area contributed by atoms with Crippen molar-refractivity contribution in [2.75, 3.05) is 5.32 Å². The van der Waals surface area contributed by atoms with Crippen LogP contribution in [0.2, 0.25) is 0 Å². The lowest BCUT2D eigenvalue weighted by Crippen LogP contribution is -2.01. The Balaban J connectivity index is 1.89. The summed E-state index contributed by atoms with van der Waals surface area (Å²) in [6, 6.07) is 16.1. The lowest BCUT2D eigenvalue weighted by atomic mass is 10.1. The van der Waals surface area contributed by atoms with Crippen LogP contribution in [0, 0.1) is 11.3 Å². The molecular weight excluding hydrogens is 314 g/mol. The van der Waals surface area contributed by atoms with Gasteiger partial charge in [0.2, 0.25) is 0 Å². The van der Waals surface area contributed by atoms with E-state index in [0.717, 1.165) is 15.7 Å². The van der Waals surface area contributed by atoms with E-state index >= 15 is 0 Å². The second-order valence-corrected chi connectivity index (χ2v) is 5.43. The molecule has 3 rings (SSSR count). The highest BCUT2D eigenvalue weighted by molar-refractivity contribution is 9.10. The number of fused-ring (bicyclic) bond motifs is 1. The Kier molecular flexibility index (Phi) is 3.44. The van der Waals surface area contributed by atoms with Gasteiger partial charge in [-0.2, -0.15) is 5.26 Å². The number of aromatic amines is 1. The average molecular weight is 326 g/mol. The van der Waals surface area contributed by atoms with E-state index in [4.69, 9.17) is 5.26 Å². The van der Waals surface area contributed by atoms with Gasteiger partial charge in [-0.1, -0.05) is 28.1 Å². The SMILES string of the molecule is N#Cc1ccc(Br)cc1NCc1cccc2[nH]ccc12. The van der Waals surface area contributed by atoms with Crippen molar-refractivity contribution in [3.05, 3.63) is 64.3 Å². The second kappa shape index (κ2) is 5.40. The molecule has 98 valence electrons. The lowest BCUT2D eigenvalue weighted by molar-refractivity contribution is 1.16. The fraction of sp³-hybridized carbons (Fsp3) is 0.0625. The summed E-state index contributed by atoms with van der Waals surface area (Å²) in [5.41, 5.74) is 3.82. The minimum Gasteiger partial charge on any atom is -0.380 e. The van der Waals surface area contributed by atoms with Gasteiger partial charge in [0, 0.05) is 28.1 Å². The molecule has 20 heavy (non-hydrogen) atoms. The number of hydrogen-bond donors (Lipinski definition) is 2. The van der Waals surface area contributed by atoms with E-state index in [1.165, 1.54) is 10.9 Å². The number of H-pyrrole nitrogens is 1. The highest BCUT2D eigenvalue weighted by Crippen LogP contribution is 2.23. The van der Waals surface area contributed by atoms with Crippen molar-refractivity contribution < 1.29 is 0 Å². The van der Waals surface area contributed by atoms with E-state index in [2.05, 4.69) is 50.5 Å². The maximum Gasteiger partial charge on any atom is 0.101 e. The number of nitrogens with zero attached hydrogens (tertiary/aromatic N) is 1. The van der Waals surface area contributed by atoms with Crippen LogP contribution >= 0.6 is 15.9 Å². The molecule has 0 saturated carbocycles. The maximum absolute atomic E-state index is 9.13. The number of rotatable bonds is 3. The van der Waals surface area contributed by atoms with Crippen molar-refractivity contribution in [1.82, 2.24) is 4.98 Å². The molecule has 3 aromatic rings. The van der Waals surface area contributed by atoms with Crippen LogP contribution in [0.25, 0.3) is 10.9 Å². The predicted molar refractivity (Wildman–Crippen MR) is 84.5 cm³/mol. The molecule has 0 unspecified atom stereocenters. The molecule has 0 aliphatic heterocycles. The Bertz CT molecular complexity index is 799. The molecule has 0 saturated heterocycles. The van der Waals surface area contributed by atoms with Crippen LogP contribution in [0.5, 0.6) is 0 Å². The number of nitriles is 1. The Morgan fingerprint density at radius 2 is 2.10 bits per heavy atom. The summed E-state index contributed by atoms with van der Waals surface area (Å²) in [7, 11) is 0. The van der Waals surface area contributed by atoms with Gasteiger partial charge in [0.25, 0.3) is 0 Å². The molecule has 0 aliphatic carbocycles. The van der Waals surface area contributed by atoms with E-state index < -0.39 is 0 Å². The van der Waals surface area contributed by atoms with Crippen LogP contribution in [-0.4, -0.2) is 4.98 Å². The van der Waals surface area contributed by atoms with E-state index in [-0.39, 0.29) is 0 Å². The Morgan fingerprint density at radius 1 is 1.20 bits per heavy atom. The molecule has 1 aromatic heterocycles. The molecule has 0 amide bonds. The van der Waals surface area contributed by atoms with Crippen molar-refractivity contribution in [3.8, 4) is 6.07 Å². The molecule has 0 aliphatic rings. The Labute approximate surface area is 125 Å². The van der Waals surface area contributed by atoms with Gasteiger partial charge in [-0.15, -0.1) is 0 Å². The number of hydrogen-bond acceptors (Lipinski definition) is 2. The summed E-state index contributed by atoms with van der Waals surface area (Å²) in [6.45, 7) is 0.681. The highest BCUT2D eigenvalue weighted by atomic mass is 79.9. The van der Waals surface area contributed by atoms with Gasteiger partial charge in [-0.25, -0.2) is 0 Å². The second-order valence-electron chi connectivity index (χ2n) is 4.51. The molecule has 3 nitrogen and oxygen atoms in total. The first kappa shape index (κ1) is 12.8. The molecule has 0 spiro atoms. The minimum absolute atomic E-state index is 0.648. The van der Waals surface area contributed by atoms with Crippen LogP contribution in [-0.2, 0) is 6.54 Å². The number of benzene rings is 2. The van der Waals surface area contributed by atoms with Gasteiger partial charge in [-0.05, 0) is 35.9 Å². The van der Waals surface area contributed by atoms with Crippen molar-refractivity contribution in [2.45, 2.75) is 6.54 Å². The van der Waals surface area contributed by atoms with Gasteiger partial charge in [-0.3, -0.25) is 0 Å². The van der Waals surface area contributed by atoms with Crippen LogP contribution in [0.15, 0.2) is 53.1 Å². The van der Waals surface area contributed by atoms with Gasteiger partial charge in [0.05, 0.1) is 11.3 Å². The zero-order valence-corrected chi connectivity index (χ0v) is 12.2. The first-order valence-corrected chi connectivity index (χ1v) is 7.06. The number of anilines is 1. The lowest BCUT2D eigenvalue weighted by Gasteiger charge is -2.09. The Hall–Kier alpha value is -2.25. The van der Waals surface area contributed by atoms with E-state index in [1.807, 2.05) is 30.5 Å². The van der Waals surface area contributed by atoms with Gasteiger partial charge >= 0.3 is 0 Å². The quantitative estimate of drug-likeness (QED) is 0.749. The monoisotopic (exact) mass is 325 g/mol. The van der Waals surface area contributed by atoms with Crippen molar-refractivity contribution >= 4 is 32.5 Å². The summed E-state index contributed by atoms with van der Waals surface area (Å²) in [5.74, 6) is 0. The molecule has 0 fully saturated rings. The van der Waals surface area contributed by atoms with Crippen LogP contribution in [0.4, 0.5) is 5.69 Å². The molecule has 2 N–H and O–H groups in total. The molecule has 2 aromatic carbocycles. The zero-order chi connectivity index (χ0) is 13.9. The van der Waals surface area contributed by atoms with Gasteiger partial charge < -0.3 is 10.3 Å². The van der Waals surface area contributed by atoms with E-state index in [1.54, 1.807) is 0 Å². The summed E-state index contributed by atoms with van der Waals surface area (Å²) < 4.78 is 0.957. The molecule has 0 atom stereocenters. The third-order valence-corrected chi connectivity index (χ3v) is 3.75. The molecular formula is C16H12BrN3. The molecule has 0 bridgehead atoms.